The Morgan fingerprint density at radius 3 is 1.91 bits per heavy atom. The smallest absolute Gasteiger partial charge is 0.249 e. The fourth-order valence-corrected chi connectivity index (χ4v) is 5.38. The van der Waals surface area contributed by atoms with Crippen molar-refractivity contribution in [2.75, 3.05) is 40.3 Å². The van der Waals surface area contributed by atoms with Crippen molar-refractivity contribution in [3.8, 4) is 11.1 Å². The van der Waals surface area contributed by atoms with Gasteiger partial charge >= 0.3 is 0 Å². The molecule has 170 valence electrons. The molecule has 4 N–H and O–H groups in total. The Labute approximate surface area is 190 Å². The summed E-state index contributed by atoms with van der Waals surface area (Å²) in [4.78, 5) is 29.4. The van der Waals surface area contributed by atoms with Crippen molar-refractivity contribution in [2.45, 2.75) is 37.5 Å². The minimum Gasteiger partial charge on any atom is -0.366 e. The summed E-state index contributed by atoms with van der Waals surface area (Å²) in [6.07, 6.45) is 4.09. The van der Waals surface area contributed by atoms with Gasteiger partial charge in [0.25, 0.3) is 0 Å². The molecule has 0 spiro atoms. The van der Waals surface area contributed by atoms with Crippen LogP contribution in [0.4, 0.5) is 0 Å². The van der Waals surface area contributed by atoms with E-state index < -0.39 is 11.8 Å². The first-order valence-corrected chi connectivity index (χ1v) is 11.6. The van der Waals surface area contributed by atoms with Crippen LogP contribution in [0.3, 0.4) is 0 Å². The summed E-state index contributed by atoms with van der Waals surface area (Å²) < 4.78 is 0. The van der Waals surface area contributed by atoms with Crippen LogP contribution in [0.2, 0.25) is 0 Å². The molecule has 0 bridgehead atoms. The minimum absolute atomic E-state index is 0.219. The van der Waals surface area contributed by atoms with Crippen LogP contribution in [0, 0.1) is 0 Å². The third-order valence-electron chi connectivity index (χ3n) is 7.27. The lowest BCUT2D eigenvalue weighted by molar-refractivity contribution is 0.0997. The highest BCUT2D eigenvalue weighted by Crippen LogP contribution is 2.42. The number of piperidine rings is 2. The van der Waals surface area contributed by atoms with E-state index in [0.717, 1.165) is 68.6 Å². The normalized spacial score (nSPS) is 19.2. The SMILES string of the molecule is CN1CCC(c2ccccc2-c2cc(C(N)=O)cc(C(N)=O)c2C2CCN(C)CC2)CC1. The van der Waals surface area contributed by atoms with Crippen LogP contribution in [-0.4, -0.2) is 61.9 Å². The second-order valence-corrected chi connectivity index (χ2v) is 9.46. The monoisotopic (exact) mass is 434 g/mol. The second kappa shape index (κ2) is 9.43. The Hall–Kier alpha value is -2.70. The number of nitrogens with zero attached hydrogens (tertiary/aromatic N) is 2. The zero-order valence-electron chi connectivity index (χ0n) is 19.1. The summed E-state index contributed by atoms with van der Waals surface area (Å²) in [6, 6.07) is 11.9. The van der Waals surface area contributed by atoms with Crippen LogP contribution in [0.5, 0.6) is 0 Å². The fraction of sp³-hybridized carbons (Fsp3) is 0.462. The molecule has 2 aliphatic rings. The maximum absolute atomic E-state index is 12.6. The molecule has 0 aliphatic carbocycles. The number of primary amides is 2. The van der Waals surface area contributed by atoms with E-state index in [9.17, 15) is 9.59 Å². The van der Waals surface area contributed by atoms with Crippen LogP contribution < -0.4 is 11.5 Å². The molecular formula is C26H34N4O2. The van der Waals surface area contributed by atoms with Gasteiger partial charge in [0.05, 0.1) is 0 Å². The summed E-state index contributed by atoms with van der Waals surface area (Å²) in [5.41, 5.74) is 16.6. The van der Waals surface area contributed by atoms with Crippen molar-refractivity contribution in [3.63, 3.8) is 0 Å². The molecule has 0 aromatic heterocycles. The molecule has 2 aromatic rings. The van der Waals surface area contributed by atoms with E-state index in [1.165, 1.54) is 5.56 Å². The van der Waals surface area contributed by atoms with Gasteiger partial charge in [-0.25, -0.2) is 0 Å². The van der Waals surface area contributed by atoms with Gasteiger partial charge < -0.3 is 21.3 Å². The van der Waals surface area contributed by atoms with Crippen molar-refractivity contribution in [2.24, 2.45) is 11.5 Å². The van der Waals surface area contributed by atoms with Crippen molar-refractivity contribution in [1.82, 2.24) is 9.80 Å². The van der Waals surface area contributed by atoms with Gasteiger partial charge in [-0.15, -0.1) is 0 Å². The van der Waals surface area contributed by atoms with Gasteiger partial charge in [-0.2, -0.15) is 0 Å². The average Bonchev–Trinajstić information content (AvgIpc) is 2.79. The lowest BCUT2D eigenvalue weighted by atomic mass is 9.77. The molecule has 0 radical (unpaired) electrons. The van der Waals surface area contributed by atoms with Crippen LogP contribution in [0.15, 0.2) is 36.4 Å². The van der Waals surface area contributed by atoms with E-state index in [2.05, 4.69) is 42.1 Å². The number of carbonyl (C=O) groups excluding carboxylic acids is 2. The molecule has 0 atom stereocenters. The highest BCUT2D eigenvalue weighted by atomic mass is 16.1. The molecule has 2 saturated heterocycles. The molecule has 6 heteroatoms. The van der Waals surface area contributed by atoms with Crippen molar-refractivity contribution >= 4 is 11.8 Å². The maximum atomic E-state index is 12.6. The van der Waals surface area contributed by atoms with Gasteiger partial charge in [-0.05, 0) is 112 Å². The molecule has 32 heavy (non-hydrogen) atoms. The number of nitrogens with two attached hydrogens (primary N) is 2. The zero-order chi connectivity index (χ0) is 22.8. The first-order chi connectivity index (χ1) is 15.3. The Morgan fingerprint density at radius 2 is 1.34 bits per heavy atom. The number of likely N-dealkylation sites (tertiary alicyclic amines) is 2. The van der Waals surface area contributed by atoms with E-state index in [4.69, 9.17) is 11.5 Å². The Balaban J connectivity index is 1.90. The van der Waals surface area contributed by atoms with Gasteiger partial charge in [-0.3, -0.25) is 9.59 Å². The van der Waals surface area contributed by atoms with Crippen LogP contribution in [0.1, 0.15) is 69.4 Å². The summed E-state index contributed by atoms with van der Waals surface area (Å²) in [6.45, 7) is 4.07. The maximum Gasteiger partial charge on any atom is 0.249 e. The van der Waals surface area contributed by atoms with E-state index in [1.54, 1.807) is 6.07 Å². The average molecular weight is 435 g/mol. The standard InChI is InChI=1S/C26H34N4O2/c1-29-11-7-17(8-12-29)20-5-3-4-6-21(20)22-15-19(25(27)31)16-23(26(28)32)24(22)18-9-13-30(2)14-10-18/h3-6,15-18H,7-14H2,1-2H3,(H2,27,31)(H2,28,32). The lowest BCUT2D eigenvalue weighted by Gasteiger charge is -2.33. The molecule has 2 aromatic carbocycles. The van der Waals surface area contributed by atoms with Gasteiger partial charge in [-0.1, -0.05) is 24.3 Å². The summed E-state index contributed by atoms with van der Waals surface area (Å²) >= 11 is 0. The molecule has 2 amide bonds. The first-order valence-electron chi connectivity index (χ1n) is 11.6. The number of hydrogen-bond donors (Lipinski definition) is 2. The third kappa shape index (κ3) is 4.57. The van der Waals surface area contributed by atoms with E-state index >= 15 is 0 Å². The number of amides is 2. The number of carbonyl (C=O) groups is 2. The topological polar surface area (TPSA) is 92.7 Å². The van der Waals surface area contributed by atoms with E-state index in [0.29, 0.717) is 17.0 Å². The largest absolute Gasteiger partial charge is 0.366 e. The van der Waals surface area contributed by atoms with Crippen molar-refractivity contribution < 1.29 is 9.59 Å². The van der Waals surface area contributed by atoms with E-state index in [-0.39, 0.29) is 5.92 Å². The van der Waals surface area contributed by atoms with Crippen LogP contribution >= 0.6 is 0 Å². The highest BCUT2D eigenvalue weighted by molar-refractivity contribution is 6.02. The molecular weight excluding hydrogens is 400 g/mol. The molecule has 2 heterocycles. The zero-order valence-corrected chi connectivity index (χ0v) is 19.1. The molecule has 0 saturated carbocycles. The Morgan fingerprint density at radius 1 is 0.781 bits per heavy atom. The quantitative estimate of drug-likeness (QED) is 0.756. The molecule has 6 nitrogen and oxygen atoms in total. The van der Waals surface area contributed by atoms with E-state index in [1.807, 2.05) is 12.1 Å². The second-order valence-electron chi connectivity index (χ2n) is 9.46. The highest BCUT2D eigenvalue weighted by Gasteiger charge is 2.29. The Kier molecular flexibility index (Phi) is 6.63. The molecule has 2 aliphatic heterocycles. The number of rotatable bonds is 5. The van der Waals surface area contributed by atoms with Gasteiger partial charge in [0, 0.05) is 11.1 Å². The minimum atomic E-state index is -0.541. The number of benzene rings is 2. The van der Waals surface area contributed by atoms with Gasteiger partial charge in [0.15, 0.2) is 0 Å². The van der Waals surface area contributed by atoms with Crippen LogP contribution in [0.25, 0.3) is 11.1 Å². The van der Waals surface area contributed by atoms with Crippen molar-refractivity contribution in [3.05, 3.63) is 58.7 Å². The predicted molar refractivity (Wildman–Crippen MR) is 128 cm³/mol. The van der Waals surface area contributed by atoms with Gasteiger partial charge in [0.2, 0.25) is 11.8 Å². The Bertz CT molecular complexity index is 1000. The van der Waals surface area contributed by atoms with Crippen LogP contribution in [-0.2, 0) is 0 Å². The first kappa shape index (κ1) is 22.5. The third-order valence-corrected chi connectivity index (χ3v) is 7.27. The fourth-order valence-electron chi connectivity index (χ4n) is 5.38. The van der Waals surface area contributed by atoms with Gasteiger partial charge in [0.1, 0.15) is 0 Å². The summed E-state index contributed by atoms with van der Waals surface area (Å²) in [7, 11) is 4.29. The van der Waals surface area contributed by atoms with Crippen molar-refractivity contribution in [1.29, 1.82) is 0 Å². The molecule has 2 fully saturated rings. The summed E-state index contributed by atoms with van der Waals surface area (Å²) in [5.74, 6) is -0.376. The summed E-state index contributed by atoms with van der Waals surface area (Å²) in [5, 5.41) is 0. The molecule has 4 rings (SSSR count). The molecule has 0 unspecified atom stereocenters. The predicted octanol–water partition coefficient (Wildman–Crippen LogP) is 3.17. The lowest BCUT2D eigenvalue weighted by Crippen LogP contribution is -2.31. The number of hydrogen-bond acceptors (Lipinski definition) is 4.